The number of hydrogen-bond donors (Lipinski definition) is 1. The van der Waals surface area contributed by atoms with Gasteiger partial charge in [0, 0.05) is 19.0 Å². The van der Waals surface area contributed by atoms with Gasteiger partial charge in [-0.2, -0.15) is 0 Å². The molecule has 0 saturated heterocycles. The van der Waals surface area contributed by atoms with E-state index in [1.165, 1.54) is 25.3 Å². The fraction of sp³-hybridized carbons (Fsp3) is 0.444. The molecule has 2 aromatic heterocycles. The first-order valence-electron chi connectivity index (χ1n) is 8.89. The molecule has 3 heterocycles. The van der Waals surface area contributed by atoms with Crippen LogP contribution in [0.2, 0.25) is 0 Å². The third-order valence-electron chi connectivity index (χ3n) is 4.67. The molecule has 1 aliphatic heterocycles. The summed E-state index contributed by atoms with van der Waals surface area (Å²) >= 11 is 1.54. The van der Waals surface area contributed by atoms with Gasteiger partial charge in [0.15, 0.2) is 16.7 Å². The van der Waals surface area contributed by atoms with Crippen molar-refractivity contribution >= 4 is 22.7 Å². The first kappa shape index (κ1) is 17.8. The van der Waals surface area contributed by atoms with Gasteiger partial charge in [0.2, 0.25) is 0 Å². The predicted molar refractivity (Wildman–Crippen MR) is 103 cm³/mol. The number of aromatic nitrogens is 5. The lowest BCUT2D eigenvalue weighted by molar-refractivity contribution is 0.355. The molecular formula is C18H21N5O3S. The SMILES string of the molecule is COc1cc2nc(CSc3nnc4n3CCCCC4)[nH]c(=O)c2cc1OC. The topological polar surface area (TPSA) is 94.9 Å². The van der Waals surface area contributed by atoms with E-state index in [0.29, 0.717) is 34.0 Å². The summed E-state index contributed by atoms with van der Waals surface area (Å²) < 4.78 is 12.8. The molecule has 0 spiro atoms. The van der Waals surface area contributed by atoms with Gasteiger partial charge >= 0.3 is 0 Å². The number of rotatable bonds is 5. The molecule has 0 aliphatic carbocycles. The van der Waals surface area contributed by atoms with E-state index in [-0.39, 0.29) is 5.56 Å². The minimum atomic E-state index is -0.198. The molecule has 0 atom stereocenters. The number of nitrogens with zero attached hydrogens (tertiary/aromatic N) is 4. The molecule has 8 nitrogen and oxygen atoms in total. The summed E-state index contributed by atoms with van der Waals surface area (Å²) in [5, 5.41) is 9.96. The van der Waals surface area contributed by atoms with Gasteiger partial charge in [-0.05, 0) is 18.9 Å². The second kappa shape index (κ2) is 7.59. The molecule has 3 aromatic rings. The highest BCUT2D eigenvalue weighted by Crippen LogP contribution is 2.30. The van der Waals surface area contributed by atoms with E-state index in [1.54, 1.807) is 19.2 Å². The lowest BCUT2D eigenvalue weighted by Gasteiger charge is -2.09. The molecule has 142 valence electrons. The maximum Gasteiger partial charge on any atom is 0.258 e. The van der Waals surface area contributed by atoms with Crippen LogP contribution >= 0.6 is 11.8 Å². The van der Waals surface area contributed by atoms with E-state index in [4.69, 9.17) is 9.47 Å². The van der Waals surface area contributed by atoms with Crippen LogP contribution in [0, 0.1) is 0 Å². The Morgan fingerprint density at radius 3 is 2.78 bits per heavy atom. The van der Waals surface area contributed by atoms with Crippen LogP contribution in [0.3, 0.4) is 0 Å². The maximum absolute atomic E-state index is 12.5. The van der Waals surface area contributed by atoms with Crippen molar-refractivity contribution in [2.24, 2.45) is 0 Å². The van der Waals surface area contributed by atoms with Gasteiger partial charge in [-0.15, -0.1) is 10.2 Å². The van der Waals surface area contributed by atoms with E-state index in [2.05, 4.69) is 24.7 Å². The van der Waals surface area contributed by atoms with Crippen LogP contribution in [0.15, 0.2) is 22.1 Å². The molecule has 1 N–H and O–H groups in total. The smallest absolute Gasteiger partial charge is 0.258 e. The number of thioether (sulfide) groups is 1. The van der Waals surface area contributed by atoms with Gasteiger partial charge in [-0.1, -0.05) is 18.2 Å². The van der Waals surface area contributed by atoms with Gasteiger partial charge in [0.25, 0.3) is 5.56 Å². The van der Waals surface area contributed by atoms with Crippen molar-refractivity contribution in [1.29, 1.82) is 0 Å². The Morgan fingerprint density at radius 1 is 1.15 bits per heavy atom. The third-order valence-corrected chi connectivity index (χ3v) is 5.65. The fourth-order valence-electron chi connectivity index (χ4n) is 3.28. The first-order valence-corrected chi connectivity index (χ1v) is 9.88. The molecule has 1 aliphatic rings. The summed E-state index contributed by atoms with van der Waals surface area (Å²) in [6, 6.07) is 3.37. The Kier molecular flexibility index (Phi) is 5.02. The Labute approximate surface area is 160 Å². The zero-order valence-corrected chi connectivity index (χ0v) is 16.1. The van der Waals surface area contributed by atoms with Crippen LogP contribution in [-0.4, -0.2) is 39.0 Å². The van der Waals surface area contributed by atoms with Crippen LogP contribution in [0.25, 0.3) is 10.9 Å². The van der Waals surface area contributed by atoms with E-state index in [1.807, 2.05) is 0 Å². The lowest BCUT2D eigenvalue weighted by Crippen LogP contribution is -2.12. The highest BCUT2D eigenvalue weighted by molar-refractivity contribution is 7.98. The van der Waals surface area contributed by atoms with Crippen LogP contribution in [0.5, 0.6) is 11.5 Å². The van der Waals surface area contributed by atoms with E-state index in [0.717, 1.165) is 36.8 Å². The van der Waals surface area contributed by atoms with Crippen molar-refractivity contribution in [2.75, 3.05) is 14.2 Å². The number of nitrogens with one attached hydrogen (secondary N) is 1. The number of H-pyrrole nitrogens is 1. The average Bonchev–Trinajstić information content (AvgIpc) is 2.91. The largest absolute Gasteiger partial charge is 0.493 e. The van der Waals surface area contributed by atoms with Gasteiger partial charge < -0.3 is 19.0 Å². The van der Waals surface area contributed by atoms with E-state index < -0.39 is 0 Å². The monoisotopic (exact) mass is 387 g/mol. The molecule has 0 fully saturated rings. The number of ether oxygens (including phenoxy) is 2. The number of fused-ring (bicyclic) bond motifs is 2. The second-order valence-corrected chi connectivity index (χ2v) is 7.33. The average molecular weight is 387 g/mol. The molecule has 0 saturated carbocycles. The van der Waals surface area contributed by atoms with Crippen molar-refractivity contribution in [3.63, 3.8) is 0 Å². The van der Waals surface area contributed by atoms with E-state index in [9.17, 15) is 4.79 Å². The van der Waals surface area contributed by atoms with Crippen LogP contribution in [0.4, 0.5) is 0 Å². The molecular weight excluding hydrogens is 366 g/mol. The van der Waals surface area contributed by atoms with Crippen molar-refractivity contribution in [1.82, 2.24) is 24.7 Å². The van der Waals surface area contributed by atoms with Crippen molar-refractivity contribution in [2.45, 2.75) is 43.1 Å². The first-order chi connectivity index (χ1) is 13.2. The molecule has 9 heteroatoms. The Balaban J connectivity index is 1.61. The highest BCUT2D eigenvalue weighted by Gasteiger charge is 2.16. The second-order valence-electron chi connectivity index (χ2n) is 6.39. The molecule has 4 rings (SSSR count). The van der Waals surface area contributed by atoms with Gasteiger partial charge in [-0.25, -0.2) is 4.98 Å². The van der Waals surface area contributed by atoms with E-state index >= 15 is 0 Å². The summed E-state index contributed by atoms with van der Waals surface area (Å²) in [6.07, 6.45) is 4.50. The molecule has 0 radical (unpaired) electrons. The summed E-state index contributed by atoms with van der Waals surface area (Å²) in [5.74, 6) is 3.20. The van der Waals surface area contributed by atoms with Gasteiger partial charge in [0.05, 0.1) is 30.9 Å². The van der Waals surface area contributed by atoms with Gasteiger partial charge in [-0.3, -0.25) is 4.79 Å². The molecule has 1 aromatic carbocycles. The summed E-state index contributed by atoms with van der Waals surface area (Å²) in [5.41, 5.74) is 0.378. The Morgan fingerprint density at radius 2 is 1.96 bits per heavy atom. The summed E-state index contributed by atoms with van der Waals surface area (Å²) in [6.45, 7) is 0.948. The number of methoxy groups -OCH3 is 2. The number of hydrogen-bond acceptors (Lipinski definition) is 7. The number of aromatic amines is 1. The standard InChI is InChI=1S/C18H21N5O3S/c1-25-13-8-11-12(9-14(13)26-2)19-15(20-17(11)24)10-27-18-22-21-16-6-4-3-5-7-23(16)18/h8-9H,3-7,10H2,1-2H3,(H,19,20,24). The number of benzene rings is 1. The minimum Gasteiger partial charge on any atom is -0.493 e. The fourth-order valence-corrected chi connectivity index (χ4v) is 4.13. The lowest BCUT2D eigenvalue weighted by atomic mass is 10.2. The van der Waals surface area contributed by atoms with Crippen LogP contribution < -0.4 is 15.0 Å². The molecule has 0 bridgehead atoms. The van der Waals surface area contributed by atoms with Gasteiger partial charge in [0.1, 0.15) is 11.6 Å². The quantitative estimate of drug-likeness (QED) is 0.672. The van der Waals surface area contributed by atoms with Crippen molar-refractivity contribution in [3.8, 4) is 11.5 Å². The highest BCUT2D eigenvalue weighted by atomic mass is 32.2. The maximum atomic E-state index is 12.5. The van der Waals surface area contributed by atoms with Crippen molar-refractivity contribution in [3.05, 3.63) is 34.1 Å². The summed E-state index contributed by atoms with van der Waals surface area (Å²) in [7, 11) is 3.10. The van der Waals surface area contributed by atoms with Crippen molar-refractivity contribution < 1.29 is 9.47 Å². The molecule has 0 amide bonds. The Bertz CT molecular complexity index is 1030. The summed E-state index contributed by atoms with van der Waals surface area (Å²) in [4.78, 5) is 19.9. The Hall–Kier alpha value is -2.55. The third kappa shape index (κ3) is 3.51. The zero-order valence-electron chi connectivity index (χ0n) is 15.3. The normalized spacial score (nSPS) is 14.0. The molecule has 27 heavy (non-hydrogen) atoms. The predicted octanol–water partition coefficient (Wildman–Crippen LogP) is 2.55. The minimum absolute atomic E-state index is 0.198. The molecule has 0 unspecified atom stereocenters. The number of aryl methyl sites for hydroxylation is 1. The van der Waals surface area contributed by atoms with Crippen LogP contribution in [-0.2, 0) is 18.7 Å². The zero-order chi connectivity index (χ0) is 18.8. The van der Waals surface area contributed by atoms with Crippen LogP contribution in [0.1, 0.15) is 30.9 Å².